The van der Waals surface area contributed by atoms with Gasteiger partial charge in [0.1, 0.15) is 23.7 Å². The van der Waals surface area contributed by atoms with Crippen LogP contribution in [0.15, 0.2) is 47.6 Å². The first-order valence-electron chi connectivity index (χ1n) is 13.3. The molecule has 1 aromatic rings. The summed E-state index contributed by atoms with van der Waals surface area (Å²) in [4.78, 5) is 28.2. The average molecular weight is 605 g/mol. The van der Waals surface area contributed by atoms with Gasteiger partial charge < -0.3 is 33.8 Å². The second-order valence-corrected chi connectivity index (χ2v) is 10.5. The summed E-state index contributed by atoms with van der Waals surface area (Å²) in [5, 5.41) is 15.7. The molecule has 2 rings (SSSR count). The fraction of sp³-hybridized carbons (Fsp3) is 0.593. The van der Waals surface area contributed by atoms with Crippen LogP contribution in [0.2, 0.25) is 0 Å². The van der Waals surface area contributed by atoms with Gasteiger partial charge >= 0.3 is 20.4 Å². The summed E-state index contributed by atoms with van der Waals surface area (Å²) in [6.07, 6.45) is -2.82. The Morgan fingerprint density at radius 3 is 2.41 bits per heavy atom. The van der Waals surface area contributed by atoms with E-state index in [0.717, 1.165) is 4.90 Å². The molecule has 0 aliphatic carbocycles. The van der Waals surface area contributed by atoms with Crippen molar-refractivity contribution in [2.45, 2.75) is 78.0 Å². The molecule has 1 aliphatic heterocycles. The fourth-order valence-corrected chi connectivity index (χ4v) is 4.84. The maximum atomic E-state index is 15.0. The molecule has 0 aromatic heterocycles. The van der Waals surface area contributed by atoms with E-state index in [1.165, 1.54) is 26.4 Å². The number of hydrogen-bond acceptors (Lipinski definition) is 10. The zero-order valence-electron chi connectivity index (χ0n) is 24.8. The highest BCUT2D eigenvalue weighted by molar-refractivity contribution is 7.45. The summed E-state index contributed by atoms with van der Waals surface area (Å²) in [6.45, 7) is 10.6. The van der Waals surface area contributed by atoms with Crippen molar-refractivity contribution < 1.29 is 42.0 Å². The molecule has 232 valence electrons. The number of alkyl halides is 2. The Balaban J connectivity index is 0.00000411. The van der Waals surface area contributed by atoms with Gasteiger partial charge in [0.15, 0.2) is 12.3 Å². The van der Waals surface area contributed by atoms with Gasteiger partial charge in [-0.3, -0.25) is 14.6 Å². The van der Waals surface area contributed by atoms with Crippen LogP contribution in [0.3, 0.4) is 0 Å². The molecule has 41 heavy (non-hydrogen) atoms. The van der Waals surface area contributed by atoms with Crippen molar-refractivity contribution in [1.29, 1.82) is 0 Å². The lowest BCUT2D eigenvalue weighted by Gasteiger charge is -2.27. The minimum absolute atomic E-state index is 0.143. The molecule has 1 fully saturated rings. The molecular formula is C27H43F2N4O7P. The lowest BCUT2D eigenvalue weighted by atomic mass is 10.1. The molecule has 0 radical (unpaired) electrons. The van der Waals surface area contributed by atoms with Crippen LogP contribution >= 0.6 is 8.53 Å². The maximum absolute atomic E-state index is 15.0. The quantitative estimate of drug-likeness (QED) is 0.0953. The molecule has 3 N–H and O–H groups in total. The number of rotatable bonds is 14. The summed E-state index contributed by atoms with van der Waals surface area (Å²) >= 11 is 0. The molecular weight excluding hydrogens is 561 g/mol. The molecule has 0 spiro atoms. The standard InChI is InChI=1S/C25H37F2N4O7P.C2H6/c1-16(2)21(23(34)36-17(3)4)30-39(38-18-10-8-7-9-11-18)35-14-19-22(33)25(26,27)24(37-19)31(6)13-12-20(28-5)29-15-32;1-2/h7-13,15-17,19,21-22,24,30,33H,14H2,1-6H3,(H,28,29,32);1-2H3/b13-12-;/t19?,21?,22-,24?,39?;/m1./s1. The molecule has 1 saturated heterocycles. The lowest BCUT2D eigenvalue weighted by Crippen LogP contribution is -2.46. The Hall–Kier alpha value is -2.70. The van der Waals surface area contributed by atoms with Crippen LogP contribution in [0.4, 0.5) is 8.78 Å². The summed E-state index contributed by atoms with van der Waals surface area (Å²) in [7, 11) is 0.699. The van der Waals surface area contributed by atoms with Gasteiger partial charge in [-0.05, 0) is 38.0 Å². The Morgan fingerprint density at radius 1 is 1.24 bits per heavy atom. The Kier molecular flexibility index (Phi) is 15.9. The Bertz CT molecular complexity index is 986. The predicted molar refractivity (Wildman–Crippen MR) is 153 cm³/mol. The van der Waals surface area contributed by atoms with Crippen molar-refractivity contribution in [3.63, 3.8) is 0 Å². The molecule has 0 saturated carbocycles. The molecule has 1 heterocycles. The van der Waals surface area contributed by atoms with Crippen molar-refractivity contribution >= 4 is 26.7 Å². The first-order chi connectivity index (χ1) is 19.4. The van der Waals surface area contributed by atoms with Gasteiger partial charge in [0.25, 0.3) is 0 Å². The summed E-state index contributed by atoms with van der Waals surface area (Å²) in [6, 6.07) is 7.83. The lowest BCUT2D eigenvalue weighted by molar-refractivity contribution is -0.151. The van der Waals surface area contributed by atoms with Crippen LogP contribution in [0.25, 0.3) is 0 Å². The maximum Gasteiger partial charge on any atom is 0.324 e. The fourth-order valence-electron chi connectivity index (χ4n) is 3.44. The number of carbonyl (C=O) groups excluding carboxylic acids is 2. The van der Waals surface area contributed by atoms with Crippen molar-refractivity contribution in [1.82, 2.24) is 15.3 Å². The Morgan fingerprint density at radius 2 is 1.88 bits per heavy atom. The number of aliphatic hydroxyl groups is 1. The molecule has 4 unspecified atom stereocenters. The molecule has 0 bridgehead atoms. The zero-order valence-corrected chi connectivity index (χ0v) is 25.7. The number of amides is 1. The predicted octanol–water partition coefficient (Wildman–Crippen LogP) is 3.84. The van der Waals surface area contributed by atoms with Gasteiger partial charge in [-0.25, -0.2) is 5.09 Å². The molecule has 1 aromatic carbocycles. The number of para-hydroxylation sites is 1. The van der Waals surface area contributed by atoms with Crippen molar-refractivity contribution in [3.8, 4) is 5.75 Å². The van der Waals surface area contributed by atoms with Gasteiger partial charge in [0, 0.05) is 20.3 Å². The number of hydrogen-bond donors (Lipinski definition) is 3. The molecule has 5 atom stereocenters. The third-order valence-corrected chi connectivity index (χ3v) is 6.72. The Labute approximate surface area is 242 Å². The normalized spacial score (nSPS) is 21.7. The summed E-state index contributed by atoms with van der Waals surface area (Å²) < 4.78 is 52.5. The molecule has 1 amide bonds. The van der Waals surface area contributed by atoms with E-state index in [1.807, 2.05) is 27.7 Å². The number of aliphatic imine (C=N–C) groups is 1. The highest BCUT2D eigenvalue weighted by Crippen LogP contribution is 2.41. The monoisotopic (exact) mass is 604 g/mol. The van der Waals surface area contributed by atoms with Gasteiger partial charge in [-0.1, -0.05) is 45.9 Å². The highest BCUT2D eigenvalue weighted by Gasteiger charge is 2.60. The number of halogens is 2. The largest absolute Gasteiger partial charge is 0.462 e. The number of nitrogens with zero attached hydrogens (tertiary/aromatic N) is 2. The van der Waals surface area contributed by atoms with Gasteiger partial charge in [-0.15, -0.1) is 0 Å². The summed E-state index contributed by atoms with van der Waals surface area (Å²) in [5.41, 5.74) is 0. The number of ether oxygens (including phenoxy) is 2. The highest BCUT2D eigenvalue weighted by atomic mass is 31.2. The van der Waals surface area contributed by atoms with E-state index in [2.05, 4.69) is 15.4 Å². The molecule has 1 aliphatic rings. The third-order valence-electron chi connectivity index (χ3n) is 5.47. The number of aliphatic hydroxyl groups excluding tert-OH is 1. The minimum atomic E-state index is -3.66. The second-order valence-electron chi connectivity index (χ2n) is 9.29. The van der Waals surface area contributed by atoms with E-state index in [4.69, 9.17) is 18.5 Å². The van der Waals surface area contributed by atoms with E-state index in [9.17, 15) is 23.5 Å². The number of amidine groups is 1. The van der Waals surface area contributed by atoms with Crippen LogP contribution in [-0.4, -0.2) is 85.4 Å². The topological polar surface area (TPSA) is 131 Å². The first-order valence-corrected chi connectivity index (χ1v) is 14.5. The first kappa shape index (κ1) is 36.3. The minimum Gasteiger partial charge on any atom is -0.462 e. The van der Waals surface area contributed by atoms with E-state index in [1.54, 1.807) is 44.2 Å². The van der Waals surface area contributed by atoms with Crippen molar-refractivity contribution in [2.75, 3.05) is 20.7 Å². The average Bonchev–Trinajstić information content (AvgIpc) is 3.16. The second kappa shape index (κ2) is 18.0. The number of esters is 1. The smallest absolute Gasteiger partial charge is 0.324 e. The van der Waals surface area contributed by atoms with E-state index in [-0.39, 0.29) is 17.9 Å². The van der Waals surface area contributed by atoms with Crippen LogP contribution in [0.5, 0.6) is 5.75 Å². The zero-order chi connectivity index (χ0) is 31.2. The van der Waals surface area contributed by atoms with Crippen molar-refractivity contribution in [2.24, 2.45) is 10.9 Å². The van der Waals surface area contributed by atoms with E-state index >= 15 is 0 Å². The SMILES string of the molecule is CC.CN=C(/C=C\N(C)C1OC(COP(NC(C(=O)OC(C)C)C(C)C)Oc2ccccc2)[C@@H](O)C1(F)F)NC=O. The van der Waals surface area contributed by atoms with Gasteiger partial charge in [0.05, 0.1) is 12.7 Å². The van der Waals surface area contributed by atoms with Gasteiger partial charge in [0.2, 0.25) is 6.41 Å². The van der Waals surface area contributed by atoms with E-state index in [0.29, 0.717) is 12.2 Å². The third kappa shape index (κ3) is 11.2. The van der Waals surface area contributed by atoms with Crippen LogP contribution < -0.4 is 14.9 Å². The van der Waals surface area contributed by atoms with Gasteiger partial charge in [-0.2, -0.15) is 8.78 Å². The molecule has 14 heteroatoms. The van der Waals surface area contributed by atoms with Crippen LogP contribution in [0.1, 0.15) is 41.5 Å². The van der Waals surface area contributed by atoms with E-state index < -0.39 is 51.5 Å². The number of nitrogens with one attached hydrogen (secondary N) is 2. The van der Waals surface area contributed by atoms with Crippen LogP contribution in [0, 0.1) is 5.92 Å². The number of benzene rings is 1. The molecule has 11 nitrogen and oxygen atoms in total. The van der Waals surface area contributed by atoms with Crippen LogP contribution in [-0.2, 0) is 23.6 Å². The number of carbonyl (C=O) groups is 2. The van der Waals surface area contributed by atoms with Crippen molar-refractivity contribution in [3.05, 3.63) is 42.6 Å². The summed E-state index contributed by atoms with van der Waals surface area (Å²) in [5.74, 6) is -3.81.